The normalized spacial score (nSPS) is 20.6. The smallest absolute Gasteiger partial charge is 0.399 e. The molecule has 0 amide bonds. The molecule has 0 unspecified atom stereocenters. The number of nitrogens with zero attached hydrogens (tertiary/aromatic N) is 1. The van der Waals surface area contributed by atoms with Crippen molar-refractivity contribution in [1.29, 1.82) is 0 Å². The summed E-state index contributed by atoms with van der Waals surface area (Å²) >= 11 is 0. The Morgan fingerprint density at radius 2 is 0.860 bits per heavy atom. The van der Waals surface area contributed by atoms with E-state index in [1.54, 1.807) is 0 Å². The molecular weight excluding hydrogens is 532 g/mol. The number of unbranched alkanes of at least 4 members (excludes halogenated alkanes) is 9. The van der Waals surface area contributed by atoms with Crippen LogP contribution in [0.5, 0.6) is 0 Å². The topological polar surface area (TPSA) is 41.9 Å². The standard InChI is InChI=1S/C36H55B2NO4/c1-10-11-12-13-14-15-16-17-18-19-24-39-31-22-20-27(37-40-33(2,3)34(4,5)41-37)25-29(31)30-26-28(21-23-32(30)39)38-42-35(6,7)36(8,9)43-38/h20-23,25-26H,10-19,24H2,1-9H3. The zero-order valence-corrected chi connectivity index (χ0v) is 28.5. The van der Waals surface area contributed by atoms with Crippen molar-refractivity contribution in [1.82, 2.24) is 4.57 Å². The Balaban J connectivity index is 1.39. The summed E-state index contributed by atoms with van der Waals surface area (Å²) in [6, 6.07) is 13.5. The number of benzene rings is 2. The van der Waals surface area contributed by atoms with Crippen LogP contribution in [-0.2, 0) is 25.2 Å². The highest BCUT2D eigenvalue weighted by Crippen LogP contribution is 2.39. The molecule has 5 nitrogen and oxygen atoms in total. The van der Waals surface area contributed by atoms with Gasteiger partial charge in [-0.1, -0.05) is 89.0 Å². The largest absolute Gasteiger partial charge is 0.494 e. The van der Waals surface area contributed by atoms with Crippen molar-refractivity contribution in [3.63, 3.8) is 0 Å². The van der Waals surface area contributed by atoms with Gasteiger partial charge in [0.05, 0.1) is 22.4 Å². The highest BCUT2D eigenvalue weighted by atomic mass is 16.7. The van der Waals surface area contributed by atoms with Gasteiger partial charge in [0, 0.05) is 28.4 Å². The number of aryl methyl sites for hydroxylation is 1. The van der Waals surface area contributed by atoms with Gasteiger partial charge in [-0.2, -0.15) is 0 Å². The second-order valence-electron chi connectivity index (χ2n) is 15.1. The Hall–Kier alpha value is -1.79. The van der Waals surface area contributed by atoms with Crippen molar-refractivity contribution >= 4 is 47.0 Å². The molecule has 0 bridgehead atoms. The van der Waals surface area contributed by atoms with Crippen LogP contribution >= 0.6 is 0 Å². The average molecular weight is 587 g/mol. The minimum Gasteiger partial charge on any atom is -0.399 e. The van der Waals surface area contributed by atoms with Gasteiger partial charge in [-0.3, -0.25) is 0 Å². The van der Waals surface area contributed by atoms with Gasteiger partial charge in [0.15, 0.2) is 0 Å². The zero-order chi connectivity index (χ0) is 31.0. The van der Waals surface area contributed by atoms with Gasteiger partial charge in [-0.05, 0) is 84.9 Å². The molecule has 2 aromatic carbocycles. The lowest BCUT2D eigenvalue weighted by Gasteiger charge is -2.32. The Morgan fingerprint density at radius 3 is 1.23 bits per heavy atom. The van der Waals surface area contributed by atoms with Gasteiger partial charge in [-0.15, -0.1) is 0 Å². The van der Waals surface area contributed by atoms with Gasteiger partial charge in [0.1, 0.15) is 0 Å². The average Bonchev–Trinajstić information content (AvgIpc) is 3.45. The maximum atomic E-state index is 6.44. The molecular formula is C36H55B2NO4. The van der Waals surface area contributed by atoms with E-state index in [4.69, 9.17) is 18.6 Å². The van der Waals surface area contributed by atoms with E-state index in [0.29, 0.717) is 0 Å². The van der Waals surface area contributed by atoms with Gasteiger partial charge in [0.2, 0.25) is 0 Å². The van der Waals surface area contributed by atoms with Crippen LogP contribution in [-0.4, -0.2) is 41.2 Å². The molecule has 1 aromatic heterocycles. The fourth-order valence-corrected chi connectivity index (χ4v) is 6.39. The minimum absolute atomic E-state index is 0.375. The van der Waals surface area contributed by atoms with Crippen LogP contribution in [0.3, 0.4) is 0 Å². The second-order valence-corrected chi connectivity index (χ2v) is 15.1. The van der Waals surface area contributed by atoms with Crippen molar-refractivity contribution in [2.75, 3.05) is 0 Å². The van der Waals surface area contributed by atoms with E-state index in [0.717, 1.165) is 17.5 Å². The monoisotopic (exact) mass is 587 g/mol. The highest BCUT2D eigenvalue weighted by molar-refractivity contribution is 6.63. The zero-order valence-electron chi connectivity index (χ0n) is 28.5. The van der Waals surface area contributed by atoms with E-state index in [-0.39, 0.29) is 36.6 Å². The van der Waals surface area contributed by atoms with E-state index in [9.17, 15) is 0 Å². The number of fused-ring (bicyclic) bond motifs is 3. The first-order chi connectivity index (χ1) is 20.3. The molecule has 0 N–H and O–H groups in total. The third-order valence-electron chi connectivity index (χ3n) is 10.7. The number of hydrogen-bond donors (Lipinski definition) is 0. The highest BCUT2D eigenvalue weighted by Gasteiger charge is 2.53. The lowest BCUT2D eigenvalue weighted by molar-refractivity contribution is 0.00578. The van der Waals surface area contributed by atoms with Crippen molar-refractivity contribution < 1.29 is 18.6 Å². The molecule has 2 saturated heterocycles. The molecule has 3 heterocycles. The van der Waals surface area contributed by atoms with Crippen LogP contribution in [0.25, 0.3) is 21.8 Å². The Labute approximate surface area is 261 Å². The SMILES string of the molecule is CCCCCCCCCCCCn1c2ccc(B3OC(C)(C)C(C)(C)O3)cc2c2cc(B3OC(C)(C)C(C)(C)O3)ccc21. The summed E-state index contributed by atoms with van der Waals surface area (Å²) in [7, 11) is -0.776. The van der Waals surface area contributed by atoms with Crippen LogP contribution in [0.2, 0.25) is 0 Å². The summed E-state index contributed by atoms with van der Waals surface area (Å²) in [6.07, 6.45) is 13.4. The first-order valence-electron chi connectivity index (χ1n) is 17.0. The second kappa shape index (κ2) is 12.5. The van der Waals surface area contributed by atoms with Gasteiger partial charge >= 0.3 is 14.2 Å². The molecule has 43 heavy (non-hydrogen) atoms. The maximum absolute atomic E-state index is 6.44. The minimum atomic E-state index is -0.388. The Morgan fingerprint density at radius 1 is 0.512 bits per heavy atom. The fraction of sp³-hybridized carbons (Fsp3) is 0.667. The van der Waals surface area contributed by atoms with Crippen LogP contribution < -0.4 is 10.9 Å². The molecule has 2 fully saturated rings. The van der Waals surface area contributed by atoms with E-state index >= 15 is 0 Å². The lowest BCUT2D eigenvalue weighted by atomic mass is 9.77. The van der Waals surface area contributed by atoms with E-state index < -0.39 is 0 Å². The predicted molar refractivity (Wildman–Crippen MR) is 183 cm³/mol. The number of rotatable bonds is 13. The number of hydrogen-bond acceptors (Lipinski definition) is 4. The molecule has 234 valence electrons. The van der Waals surface area contributed by atoms with Crippen molar-refractivity contribution in [2.24, 2.45) is 0 Å². The molecule has 0 spiro atoms. The summed E-state index contributed by atoms with van der Waals surface area (Å²) in [5.41, 5.74) is 3.14. The van der Waals surface area contributed by atoms with Crippen LogP contribution in [0.4, 0.5) is 0 Å². The first-order valence-corrected chi connectivity index (χ1v) is 17.0. The fourth-order valence-electron chi connectivity index (χ4n) is 6.39. The molecule has 0 saturated carbocycles. The van der Waals surface area contributed by atoms with Crippen LogP contribution in [0, 0.1) is 0 Å². The van der Waals surface area contributed by atoms with Gasteiger partial charge in [0.25, 0.3) is 0 Å². The molecule has 7 heteroatoms. The molecule has 0 aliphatic carbocycles. The number of aromatic nitrogens is 1. The lowest BCUT2D eigenvalue weighted by Crippen LogP contribution is -2.41. The van der Waals surface area contributed by atoms with E-state index in [2.05, 4.69) is 103 Å². The molecule has 2 aliphatic heterocycles. The summed E-state index contributed by atoms with van der Waals surface area (Å²) < 4.78 is 28.3. The Kier molecular flexibility index (Phi) is 9.51. The third-order valence-corrected chi connectivity index (χ3v) is 10.7. The van der Waals surface area contributed by atoms with Crippen molar-refractivity contribution in [2.45, 2.75) is 155 Å². The van der Waals surface area contributed by atoms with Gasteiger partial charge in [-0.25, -0.2) is 0 Å². The molecule has 5 rings (SSSR count). The van der Waals surface area contributed by atoms with Crippen LogP contribution in [0.1, 0.15) is 127 Å². The molecule has 0 radical (unpaired) electrons. The van der Waals surface area contributed by atoms with Crippen LogP contribution in [0.15, 0.2) is 36.4 Å². The van der Waals surface area contributed by atoms with Gasteiger partial charge < -0.3 is 23.2 Å². The van der Waals surface area contributed by atoms with Crippen molar-refractivity contribution in [3.05, 3.63) is 36.4 Å². The van der Waals surface area contributed by atoms with E-state index in [1.807, 2.05) is 0 Å². The molecule has 3 aromatic rings. The summed E-state index contributed by atoms with van der Waals surface area (Å²) in [5, 5.41) is 2.46. The summed E-state index contributed by atoms with van der Waals surface area (Å²) in [5.74, 6) is 0. The quantitative estimate of drug-likeness (QED) is 0.149. The maximum Gasteiger partial charge on any atom is 0.494 e. The summed E-state index contributed by atoms with van der Waals surface area (Å²) in [4.78, 5) is 0. The van der Waals surface area contributed by atoms with Crippen molar-refractivity contribution in [3.8, 4) is 0 Å². The predicted octanol–water partition coefficient (Wildman–Crippen LogP) is 8.31. The first kappa shape index (κ1) is 32.6. The summed E-state index contributed by atoms with van der Waals surface area (Å²) in [6.45, 7) is 20.2. The molecule has 0 atom stereocenters. The third kappa shape index (κ3) is 6.61. The molecule has 2 aliphatic rings. The Bertz CT molecular complexity index is 1280. The van der Waals surface area contributed by atoms with E-state index in [1.165, 1.54) is 86.0 Å².